The third-order valence-corrected chi connectivity index (χ3v) is 2.98. The molecule has 0 aliphatic carbocycles. The van der Waals surface area contributed by atoms with Crippen molar-refractivity contribution in [3.8, 4) is 0 Å². The topological polar surface area (TPSA) is 24.1 Å². The molecule has 5 heteroatoms. The summed E-state index contributed by atoms with van der Waals surface area (Å²) in [5.41, 5.74) is 0.899. The van der Waals surface area contributed by atoms with Crippen molar-refractivity contribution in [3.05, 3.63) is 60.2 Å². The molecule has 21 heavy (non-hydrogen) atoms. The zero-order valence-electron chi connectivity index (χ0n) is 11.5. The Morgan fingerprint density at radius 1 is 0.762 bits per heavy atom. The molecule has 0 saturated carbocycles. The van der Waals surface area contributed by atoms with Gasteiger partial charge in [0, 0.05) is 24.5 Å². The van der Waals surface area contributed by atoms with Crippen molar-refractivity contribution >= 4 is 11.4 Å². The van der Waals surface area contributed by atoms with Gasteiger partial charge in [0.1, 0.15) is 0 Å². The molecule has 2 rings (SSSR count). The highest BCUT2D eigenvalue weighted by atomic mass is 19.4. The third-order valence-electron chi connectivity index (χ3n) is 2.98. The van der Waals surface area contributed by atoms with Crippen LogP contribution in [-0.2, 0) is 6.18 Å². The molecule has 0 unspecified atom stereocenters. The monoisotopic (exact) mass is 294 g/mol. The number of nitrogens with one attached hydrogen (secondary N) is 2. The summed E-state index contributed by atoms with van der Waals surface area (Å²) < 4.78 is 37.7. The van der Waals surface area contributed by atoms with Crippen LogP contribution in [0.1, 0.15) is 12.0 Å². The first kappa shape index (κ1) is 15.2. The van der Waals surface area contributed by atoms with E-state index >= 15 is 0 Å². The number of halogens is 3. The van der Waals surface area contributed by atoms with E-state index in [2.05, 4.69) is 10.6 Å². The maximum atomic E-state index is 12.6. The van der Waals surface area contributed by atoms with Gasteiger partial charge in [-0.05, 0) is 36.8 Å². The zero-order chi connectivity index (χ0) is 15.1. The fourth-order valence-corrected chi connectivity index (χ4v) is 1.92. The average molecular weight is 294 g/mol. The summed E-state index contributed by atoms with van der Waals surface area (Å²) in [5, 5.41) is 6.25. The minimum atomic E-state index is -4.30. The minimum Gasteiger partial charge on any atom is -0.385 e. The molecule has 0 aliphatic rings. The third kappa shape index (κ3) is 5.02. The van der Waals surface area contributed by atoms with Crippen LogP contribution in [0, 0.1) is 0 Å². The summed E-state index contributed by atoms with van der Waals surface area (Å²) in [4.78, 5) is 0. The van der Waals surface area contributed by atoms with Gasteiger partial charge in [0.05, 0.1) is 5.56 Å². The number of hydrogen-bond acceptors (Lipinski definition) is 2. The lowest BCUT2D eigenvalue weighted by atomic mass is 10.2. The molecule has 0 heterocycles. The van der Waals surface area contributed by atoms with Gasteiger partial charge in [-0.25, -0.2) is 0 Å². The van der Waals surface area contributed by atoms with Crippen LogP contribution in [0.5, 0.6) is 0 Å². The van der Waals surface area contributed by atoms with Gasteiger partial charge in [-0.3, -0.25) is 0 Å². The van der Waals surface area contributed by atoms with Crippen molar-refractivity contribution in [2.45, 2.75) is 12.6 Å². The van der Waals surface area contributed by atoms with Crippen LogP contribution in [0.3, 0.4) is 0 Å². The summed E-state index contributed by atoms with van der Waals surface area (Å²) in [7, 11) is 0. The quantitative estimate of drug-likeness (QED) is 0.760. The van der Waals surface area contributed by atoms with E-state index < -0.39 is 11.7 Å². The Labute approximate surface area is 122 Å². The molecule has 0 saturated heterocycles. The van der Waals surface area contributed by atoms with E-state index in [0.717, 1.165) is 30.8 Å². The highest BCUT2D eigenvalue weighted by molar-refractivity contribution is 5.46. The average Bonchev–Trinajstić information content (AvgIpc) is 2.47. The molecule has 2 N–H and O–H groups in total. The van der Waals surface area contributed by atoms with Crippen LogP contribution in [0.25, 0.3) is 0 Å². The van der Waals surface area contributed by atoms with Gasteiger partial charge < -0.3 is 10.6 Å². The highest BCUT2D eigenvalue weighted by Crippen LogP contribution is 2.30. The van der Waals surface area contributed by atoms with Gasteiger partial charge in [-0.1, -0.05) is 24.3 Å². The second kappa shape index (κ2) is 7.02. The van der Waals surface area contributed by atoms with E-state index in [0.29, 0.717) is 12.2 Å². The minimum absolute atomic E-state index is 0.490. The van der Waals surface area contributed by atoms with Crippen LogP contribution in [0.4, 0.5) is 24.5 Å². The Morgan fingerprint density at radius 3 is 2.05 bits per heavy atom. The first-order valence-electron chi connectivity index (χ1n) is 6.76. The fourth-order valence-electron chi connectivity index (χ4n) is 1.92. The molecule has 2 nitrogen and oxygen atoms in total. The van der Waals surface area contributed by atoms with Crippen LogP contribution < -0.4 is 10.6 Å². The molecule has 0 atom stereocenters. The van der Waals surface area contributed by atoms with Gasteiger partial charge in [0.15, 0.2) is 0 Å². The summed E-state index contributed by atoms with van der Waals surface area (Å²) in [6, 6.07) is 15.0. The maximum Gasteiger partial charge on any atom is 0.416 e. The first-order chi connectivity index (χ1) is 10.1. The SMILES string of the molecule is FC(F)(F)c1cccc(NCCCNc2ccccc2)c1. The van der Waals surface area contributed by atoms with Crippen molar-refractivity contribution in [1.29, 1.82) is 0 Å². The van der Waals surface area contributed by atoms with Gasteiger partial charge >= 0.3 is 6.18 Å². The van der Waals surface area contributed by atoms with Gasteiger partial charge in [-0.15, -0.1) is 0 Å². The largest absolute Gasteiger partial charge is 0.416 e. The molecular weight excluding hydrogens is 277 g/mol. The molecular formula is C16H17F3N2. The Bertz CT molecular complexity index is 553. The number of hydrogen-bond donors (Lipinski definition) is 2. The van der Waals surface area contributed by atoms with Crippen LogP contribution in [-0.4, -0.2) is 13.1 Å². The molecule has 0 amide bonds. The fraction of sp³-hybridized carbons (Fsp3) is 0.250. The van der Waals surface area contributed by atoms with Gasteiger partial charge in [0.25, 0.3) is 0 Å². The standard InChI is InChI=1S/C16H17F3N2/c17-16(18,19)13-6-4-9-15(12-13)21-11-5-10-20-14-7-2-1-3-8-14/h1-4,6-9,12,20-21H,5,10-11H2. The normalized spacial score (nSPS) is 11.2. The second-order valence-electron chi connectivity index (χ2n) is 4.65. The predicted octanol–water partition coefficient (Wildman–Crippen LogP) is 4.62. The second-order valence-corrected chi connectivity index (χ2v) is 4.65. The molecule has 0 fully saturated rings. The van der Waals surface area contributed by atoms with Crippen LogP contribution >= 0.6 is 0 Å². The van der Waals surface area contributed by atoms with E-state index in [-0.39, 0.29) is 0 Å². The Morgan fingerprint density at radius 2 is 1.38 bits per heavy atom. The summed E-state index contributed by atoms with van der Waals surface area (Å²) in [5.74, 6) is 0. The number of alkyl halides is 3. The molecule has 0 aliphatic heterocycles. The van der Waals surface area contributed by atoms with Crippen molar-refractivity contribution in [2.24, 2.45) is 0 Å². The first-order valence-corrected chi connectivity index (χ1v) is 6.76. The van der Waals surface area contributed by atoms with E-state index in [1.807, 2.05) is 30.3 Å². The number of rotatable bonds is 6. The molecule has 0 spiro atoms. The van der Waals surface area contributed by atoms with Crippen LogP contribution in [0.2, 0.25) is 0 Å². The summed E-state index contributed by atoms with van der Waals surface area (Å²) in [6.45, 7) is 1.37. The lowest BCUT2D eigenvalue weighted by Gasteiger charge is -2.11. The number of benzene rings is 2. The lowest BCUT2D eigenvalue weighted by molar-refractivity contribution is -0.137. The van der Waals surface area contributed by atoms with Gasteiger partial charge in [-0.2, -0.15) is 13.2 Å². The molecule has 112 valence electrons. The van der Waals surface area contributed by atoms with Crippen molar-refractivity contribution in [2.75, 3.05) is 23.7 Å². The highest BCUT2D eigenvalue weighted by Gasteiger charge is 2.30. The lowest BCUT2D eigenvalue weighted by Crippen LogP contribution is -2.10. The van der Waals surface area contributed by atoms with E-state index in [1.54, 1.807) is 6.07 Å². The van der Waals surface area contributed by atoms with E-state index in [1.165, 1.54) is 6.07 Å². The van der Waals surface area contributed by atoms with E-state index in [4.69, 9.17) is 0 Å². The summed E-state index contributed by atoms with van der Waals surface area (Å²) in [6.07, 6.45) is -3.49. The molecule has 0 aromatic heterocycles. The Kier molecular flexibility index (Phi) is 5.09. The predicted molar refractivity (Wildman–Crippen MR) is 79.5 cm³/mol. The Hall–Kier alpha value is -2.17. The zero-order valence-corrected chi connectivity index (χ0v) is 11.5. The Balaban J connectivity index is 1.74. The molecule has 0 radical (unpaired) electrons. The molecule has 2 aromatic carbocycles. The van der Waals surface area contributed by atoms with Crippen molar-refractivity contribution in [1.82, 2.24) is 0 Å². The summed E-state index contributed by atoms with van der Waals surface area (Å²) >= 11 is 0. The van der Waals surface area contributed by atoms with Crippen LogP contribution in [0.15, 0.2) is 54.6 Å². The molecule has 2 aromatic rings. The smallest absolute Gasteiger partial charge is 0.385 e. The number of para-hydroxylation sites is 1. The number of anilines is 2. The van der Waals surface area contributed by atoms with Crippen molar-refractivity contribution in [3.63, 3.8) is 0 Å². The van der Waals surface area contributed by atoms with Crippen molar-refractivity contribution < 1.29 is 13.2 Å². The van der Waals surface area contributed by atoms with E-state index in [9.17, 15) is 13.2 Å². The molecule has 0 bridgehead atoms. The maximum absolute atomic E-state index is 12.6. The van der Waals surface area contributed by atoms with Gasteiger partial charge in [0.2, 0.25) is 0 Å².